The van der Waals surface area contributed by atoms with Gasteiger partial charge in [-0.15, -0.1) is 0 Å². The molecule has 68 valence electrons. The molecular weight excluding hydrogens is 176 g/mol. The minimum Gasteiger partial charge on any atom is -0.301 e. The number of nitriles is 1. The summed E-state index contributed by atoms with van der Waals surface area (Å²) in [6, 6.07) is 1.93. The minimum absolute atomic E-state index is 0.0107. The summed E-state index contributed by atoms with van der Waals surface area (Å²) in [5, 5.41) is 11.2. The first-order chi connectivity index (χ1) is 5.64. The molecule has 4 nitrogen and oxygen atoms in total. The summed E-state index contributed by atoms with van der Waals surface area (Å²) >= 11 is 0. The Morgan fingerprint density at radius 1 is 1.58 bits per heavy atom. The molecule has 0 radical (unpaired) electrons. The predicted octanol–water partition coefficient (Wildman–Crippen LogP) is -0.323. The van der Waals surface area contributed by atoms with Crippen molar-refractivity contribution in [2.75, 3.05) is 18.1 Å². The van der Waals surface area contributed by atoms with Gasteiger partial charge < -0.3 is 5.32 Å². The van der Waals surface area contributed by atoms with Crippen molar-refractivity contribution in [2.45, 2.75) is 18.9 Å². The number of hydrogen-bond donors (Lipinski definition) is 1. The normalized spacial score (nSPS) is 27.8. The van der Waals surface area contributed by atoms with E-state index in [2.05, 4.69) is 5.32 Å². The van der Waals surface area contributed by atoms with Crippen LogP contribution in [0.5, 0.6) is 0 Å². The van der Waals surface area contributed by atoms with E-state index in [1.807, 2.05) is 6.07 Å². The highest BCUT2D eigenvalue weighted by molar-refractivity contribution is 7.91. The van der Waals surface area contributed by atoms with E-state index >= 15 is 0 Å². The van der Waals surface area contributed by atoms with Gasteiger partial charge in [0.05, 0.1) is 24.1 Å². The van der Waals surface area contributed by atoms with Gasteiger partial charge in [0.1, 0.15) is 0 Å². The molecule has 0 aromatic heterocycles. The number of nitrogens with zero attached hydrogens (tertiary/aromatic N) is 1. The fourth-order valence-electron chi connectivity index (χ4n) is 1.37. The van der Waals surface area contributed by atoms with Crippen LogP contribution in [0.2, 0.25) is 0 Å². The molecule has 0 aromatic rings. The van der Waals surface area contributed by atoms with Crippen LogP contribution in [-0.4, -0.2) is 32.5 Å². The lowest BCUT2D eigenvalue weighted by Crippen LogP contribution is -2.40. The monoisotopic (exact) mass is 188 g/mol. The van der Waals surface area contributed by atoms with E-state index in [0.29, 0.717) is 12.2 Å². The third kappa shape index (κ3) is 2.80. The summed E-state index contributed by atoms with van der Waals surface area (Å²) < 4.78 is 22.2. The highest BCUT2D eigenvalue weighted by Gasteiger charge is 2.23. The summed E-state index contributed by atoms with van der Waals surface area (Å²) in [6.45, 7) is 0.236. The van der Waals surface area contributed by atoms with Gasteiger partial charge in [0, 0.05) is 6.04 Å². The van der Waals surface area contributed by atoms with E-state index < -0.39 is 9.84 Å². The molecule has 0 bridgehead atoms. The molecule has 1 rings (SSSR count). The Morgan fingerprint density at radius 2 is 2.33 bits per heavy atom. The topological polar surface area (TPSA) is 70.0 Å². The van der Waals surface area contributed by atoms with Crippen LogP contribution in [0.15, 0.2) is 0 Å². The SMILES string of the molecule is N#CCNC1CCCS(=O)(=O)C1. The second-order valence-electron chi connectivity index (χ2n) is 2.99. The molecule has 1 aliphatic heterocycles. The van der Waals surface area contributed by atoms with E-state index in [4.69, 9.17) is 5.26 Å². The Balaban J connectivity index is 2.43. The minimum atomic E-state index is -2.83. The van der Waals surface area contributed by atoms with Crippen molar-refractivity contribution in [3.05, 3.63) is 0 Å². The summed E-state index contributed by atoms with van der Waals surface area (Å²) in [6.07, 6.45) is 1.58. The summed E-state index contributed by atoms with van der Waals surface area (Å²) in [5.74, 6) is 0.492. The maximum absolute atomic E-state index is 11.1. The second-order valence-corrected chi connectivity index (χ2v) is 5.22. The molecule has 1 heterocycles. The lowest BCUT2D eigenvalue weighted by molar-refractivity contribution is 0.500. The first-order valence-corrected chi connectivity index (χ1v) is 5.77. The molecule has 0 aromatic carbocycles. The molecule has 5 heteroatoms. The molecule has 0 spiro atoms. The van der Waals surface area contributed by atoms with Crippen molar-refractivity contribution in [1.82, 2.24) is 5.32 Å². The van der Waals surface area contributed by atoms with Crippen molar-refractivity contribution in [1.29, 1.82) is 5.26 Å². The summed E-state index contributed by atoms with van der Waals surface area (Å²) in [7, 11) is -2.83. The van der Waals surface area contributed by atoms with E-state index in [1.54, 1.807) is 0 Å². The molecule has 1 N–H and O–H groups in total. The zero-order chi connectivity index (χ0) is 9.03. The maximum atomic E-state index is 11.1. The van der Waals surface area contributed by atoms with Gasteiger partial charge in [-0.05, 0) is 12.8 Å². The molecular formula is C7H12N2O2S. The Labute approximate surface area is 72.5 Å². The molecule has 1 unspecified atom stereocenters. The van der Waals surface area contributed by atoms with Crippen LogP contribution < -0.4 is 5.32 Å². The van der Waals surface area contributed by atoms with Crippen LogP contribution in [-0.2, 0) is 9.84 Å². The van der Waals surface area contributed by atoms with Gasteiger partial charge >= 0.3 is 0 Å². The predicted molar refractivity (Wildman–Crippen MR) is 45.3 cm³/mol. The first kappa shape index (κ1) is 9.49. The van der Waals surface area contributed by atoms with Crippen molar-refractivity contribution in [2.24, 2.45) is 0 Å². The lowest BCUT2D eigenvalue weighted by atomic mass is 10.2. The van der Waals surface area contributed by atoms with Gasteiger partial charge in [-0.3, -0.25) is 0 Å². The third-order valence-corrected chi connectivity index (χ3v) is 3.75. The van der Waals surface area contributed by atoms with Gasteiger partial charge in [0.2, 0.25) is 0 Å². The zero-order valence-corrected chi connectivity index (χ0v) is 7.60. The standard InChI is InChI=1S/C7H12N2O2S/c8-3-4-9-7-2-1-5-12(10,11)6-7/h7,9H,1-2,4-6H2. The van der Waals surface area contributed by atoms with Crippen molar-refractivity contribution < 1.29 is 8.42 Å². The molecule has 12 heavy (non-hydrogen) atoms. The quantitative estimate of drug-likeness (QED) is 0.603. The summed E-state index contributed by atoms with van der Waals surface area (Å²) in [5.41, 5.74) is 0. The van der Waals surface area contributed by atoms with Crippen LogP contribution in [0.3, 0.4) is 0 Å². The van der Waals surface area contributed by atoms with Crippen LogP contribution >= 0.6 is 0 Å². The maximum Gasteiger partial charge on any atom is 0.151 e. The molecule has 1 atom stereocenters. The van der Waals surface area contributed by atoms with Gasteiger partial charge in [0.25, 0.3) is 0 Å². The highest BCUT2D eigenvalue weighted by Crippen LogP contribution is 2.11. The fraction of sp³-hybridized carbons (Fsp3) is 0.857. The number of hydrogen-bond acceptors (Lipinski definition) is 4. The van der Waals surface area contributed by atoms with Gasteiger partial charge in [0.15, 0.2) is 9.84 Å². The molecule has 0 aliphatic carbocycles. The van der Waals surface area contributed by atoms with Crippen LogP contribution in [0.1, 0.15) is 12.8 Å². The highest BCUT2D eigenvalue weighted by atomic mass is 32.2. The molecule has 0 saturated carbocycles. The lowest BCUT2D eigenvalue weighted by Gasteiger charge is -2.21. The molecule has 1 aliphatic rings. The second kappa shape index (κ2) is 3.87. The average Bonchev–Trinajstić information content (AvgIpc) is 1.99. The van der Waals surface area contributed by atoms with Crippen LogP contribution in [0, 0.1) is 11.3 Å². The van der Waals surface area contributed by atoms with Crippen LogP contribution in [0.4, 0.5) is 0 Å². The van der Waals surface area contributed by atoms with Gasteiger partial charge in [-0.25, -0.2) is 8.42 Å². The number of nitrogens with one attached hydrogen (secondary N) is 1. The smallest absolute Gasteiger partial charge is 0.151 e. The third-order valence-electron chi connectivity index (χ3n) is 1.93. The Bertz CT molecular complexity index is 278. The molecule has 1 saturated heterocycles. The first-order valence-electron chi connectivity index (χ1n) is 3.95. The Morgan fingerprint density at radius 3 is 2.92 bits per heavy atom. The van der Waals surface area contributed by atoms with Gasteiger partial charge in [-0.1, -0.05) is 0 Å². The van der Waals surface area contributed by atoms with Crippen LogP contribution in [0.25, 0.3) is 0 Å². The van der Waals surface area contributed by atoms with Crippen molar-refractivity contribution in [3.63, 3.8) is 0 Å². The van der Waals surface area contributed by atoms with E-state index in [1.165, 1.54) is 0 Å². The molecule has 0 amide bonds. The number of sulfone groups is 1. The zero-order valence-electron chi connectivity index (χ0n) is 6.78. The number of rotatable bonds is 2. The van der Waals surface area contributed by atoms with Crippen molar-refractivity contribution in [3.8, 4) is 6.07 Å². The average molecular weight is 188 g/mol. The van der Waals surface area contributed by atoms with Crippen molar-refractivity contribution >= 4 is 9.84 Å². The van der Waals surface area contributed by atoms with E-state index in [0.717, 1.165) is 6.42 Å². The van der Waals surface area contributed by atoms with Gasteiger partial charge in [-0.2, -0.15) is 5.26 Å². The Kier molecular flexibility index (Phi) is 3.06. The molecule has 1 fully saturated rings. The Hall–Kier alpha value is -0.600. The largest absolute Gasteiger partial charge is 0.301 e. The summed E-state index contributed by atoms with van der Waals surface area (Å²) in [4.78, 5) is 0. The van der Waals surface area contributed by atoms with E-state index in [-0.39, 0.29) is 18.3 Å². The van der Waals surface area contributed by atoms with E-state index in [9.17, 15) is 8.42 Å². The fourth-order valence-corrected chi connectivity index (χ4v) is 3.04.